The van der Waals surface area contributed by atoms with Gasteiger partial charge in [0.25, 0.3) is 0 Å². The molecule has 0 unspecified atom stereocenters. The topological polar surface area (TPSA) is 50.4 Å². The van der Waals surface area contributed by atoms with Gasteiger partial charge in [0, 0.05) is 11.6 Å². The fraction of sp³-hybridized carbons (Fsp3) is 0.500. The number of carbonyl (C=O) groups is 1. The van der Waals surface area contributed by atoms with Crippen LogP contribution in [0.1, 0.15) is 40.0 Å². The standard InChI is InChI=1S/C16H24N2O2S/c1-4-5-6-11-20-14-9-7-13(8-10-14)17-16(21)18-15(19)12(2)3/h7-10,12H,4-6,11H2,1-3H3,(H2,17,18,19,21). The number of carbonyl (C=O) groups excluding carboxylic acids is 1. The van der Waals surface area contributed by atoms with Gasteiger partial charge < -0.3 is 15.4 Å². The van der Waals surface area contributed by atoms with Gasteiger partial charge in [0.2, 0.25) is 5.91 Å². The molecule has 0 radical (unpaired) electrons. The lowest BCUT2D eigenvalue weighted by Gasteiger charge is -2.12. The van der Waals surface area contributed by atoms with Crippen molar-refractivity contribution < 1.29 is 9.53 Å². The highest BCUT2D eigenvalue weighted by Gasteiger charge is 2.08. The van der Waals surface area contributed by atoms with Gasteiger partial charge in [0.05, 0.1) is 6.61 Å². The van der Waals surface area contributed by atoms with Crippen LogP contribution in [0.4, 0.5) is 5.69 Å². The zero-order valence-corrected chi connectivity index (χ0v) is 13.8. The van der Waals surface area contributed by atoms with Gasteiger partial charge in [-0.05, 0) is 42.9 Å². The lowest BCUT2D eigenvalue weighted by Crippen LogP contribution is -2.36. The number of benzene rings is 1. The summed E-state index contributed by atoms with van der Waals surface area (Å²) in [5, 5.41) is 5.93. The van der Waals surface area contributed by atoms with Crippen molar-refractivity contribution in [3.63, 3.8) is 0 Å². The van der Waals surface area contributed by atoms with Crippen LogP contribution in [0.25, 0.3) is 0 Å². The molecule has 0 heterocycles. The van der Waals surface area contributed by atoms with E-state index in [2.05, 4.69) is 17.6 Å². The van der Waals surface area contributed by atoms with Crippen molar-refractivity contribution in [2.75, 3.05) is 11.9 Å². The van der Waals surface area contributed by atoms with Crippen molar-refractivity contribution in [1.29, 1.82) is 0 Å². The minimum Gasteiger partial charge on any atom is -0.494 e. The quantitative estimate of drug-likeness (QED) is 0.595. The van der Waals surface area contributed by atoms with Crippen molar-refractivity contribution in [1.82, 2.24) is 5.32 Å². The fourth-order valence-electron chi connectivity index (χ4n) is 1.60. The molecule has 0 saturated heterocycles. The van der Waals surface area contributed by atoms with Crippen LogP contribution in [0.5, 0.6) is 5.75 Å². The van der Waals surface area contributed by atoms with Gasteiger partial charge in [-0.2, -0.15) is 0 Å². The Balaban J connectivity index is 2.40. The van der Waals surface area contributed by atoms with Crippen LogP contribution in [-0.4, -0.2) is 17.6 Å². The molecule has 0 atom stereocenters. The van der Waals surface area contributed by atoms with E-state index in [1.165, 1.54) is 12.8 Å². The molecule has 2 N–H and O–H groups in total. The minimum absolute atomic E-state index is 0.0938. The van der Waals surface area contributed by atoms with Gasteiger partial charge in [-0.15, -0.1) is 0 Å². The summed E-state index contributed by atoms with van der Waals surface area (Å²) in [5.41, 5.74) is 0.824. The molecule has 1 aromatic carbocycles. The summed E-state index contributed by atoms with van der Waals surface area (Å²) in [6.07, 6.45) is 3.44. The van der Waals surface area contributed by atoms with E-state index in [1.807, 2.05) is 38.1 Å². The third-order valence-electron chi connectivity index (χ3n) is 2.89. The second-order valence-electron chi connectivity index (χ2n) is 5.18. The van der Waals surface area contributed by atoms with Crippen molar-refractivity contribution in [2.24, 2.45) is 5.92 Å². The average Bonchev–Trinajstić information content (AvgIpc) is 2.45. The van der Waals surface area contributed by atoms with Crippen LogP contribution in [0.2, 0.25) is 0 Å². The largest absolute Gasteiger partial charge is 0.494 e. The first-order valence-electron chi connectivity index (χ1n) is 7.37. The van der Waals surface area contributed by atoms with E-state index in [0.717, 1.165) is 24.5 Å². The van der Waals surface area contributed by atoms with Crippen molar-refractivity contribution in [3.05, 3.63) is 24.3 Å². The van der Waals surface area contributed by atoms with E-state index in [9.17, 15) is 4.79 Å². The van der Waals surface area contributed by atoms with Crippen molar-refractivity contribution >= 4 is 28.9 Å². The van der Waals surface area contributed by atoms with Crippen molar-refractivity contribution in [3.8, 4) is 5.75 Å². The molecule has 1 rings (SSSR count). The molecule has 0 aliphatic carbocycles. The molecule has 0 aromatic heterocycles. The molecule has 0 aliphatic heterocycles. The molecule has 4 nitrogen and oxygen atoms in total. The Morgan fingerprint density at radius 3 is 2.48 bits per heavy atom. The second kappa shape index (κ2) is 9.34. The van der Waals surface area contributed by atoms with E-state index in [-0.39, 0.29) is 11.8 Å². The van der Waals surface area contributed by atoms with Crippen LogP contribution in [-0.2, 0) is 4.79 Å². The summed E-state index contributed by atoms with van der Waals surface area (Å²) < 4.78 is 5.63. The molecular formula is C16H24N2O2S. The highest BCUT2D eigenvalue weighted by molar-refractivity contribution is 7.80. The Labute approximate surface area is 132 Å². The number of nitrogens with one attached hydrogen (secondary N) is 2. The van der Waals surface area contributed by atoms with Crippen LogP contribution in [0, 0.1) is 5.92 Å². The summed E-state index contributed by atoms with van der Waals surface area (Å²) in [5.74, 6) is 0.654. The molecule has 5 heteroatoms. The Hall–Kier alpha value is -1.62. The average molecular weight is 308 g/mol. The number of thiocarbonyl (C=S) groups is 1. The summed E-state index contributed by atoms with van der Waals surface area (Å²) in [6, 6.07) is 7.54. The van der Waals surface area contributed by atoms with E-state index in [1.54, 1.807) is 0 Å². The van der Waals surface area contributed by atoms with Gasteiger partial charge in [0.15, 0.2) is 5.11 Å². The maximum Gasteiger partial charge on any atom is 0.228 e. The third kappa shape index (κ3) is 7.09. The van der Waals surface area contributed by atoms with Gasteiger partial charge in [-0.25, -0.2) is 0 Å². The van der Waals surface area contributed by atoms with E-state index in [4.69, 9.17) is 17.0 Å². The number of rotatable bonds is 7. The number of unbranched alkanes of at least 4 members (excludes halogenated alkanes) is 2. The number of hydrogen-bond donors (Lipinski definition) is 2. The minimum atomic E-state index is -0.0941. The second-order valence-corrected chi connectivity index (χ2v) is 5.59. The Kier molecular flexibility index (Phi) is 7.75. The number of ether oxygens (including phenoxy) is 1. The zero-order valence-electron chi connectivity index (χ0n) is 12.9. The summed E-state index contributed by atoms with van der Waals surface area (Å²) in [7, 11) is 0. The van der Waals surface area contributed by atoms with Gasteiger partial charge in [0.1, 0.15) is 5.75 Å². The number of hydrogen-bond acceptors (Lipinski definition) is 3. The van der Waals surface area contributed by atoms with Gasteiger partial charge in [-0.1, -0.05) is 33.6 Å². The van der Waals surface area contributed by atoms with Crippen molar-refractivity contribution in [2.45, 2.75) is 40.0 Å². The Morgan fingerprint density at radius 2 is 1.90 bits per heavy atom. The first kappa shape index (κ1) is 17.4. The molecule has 21 heavy (non-hydrogen) atoms. The number of amides is 1. The molecule has 0 bridgehead atoms. The maximum absolute atomic E-state index is 11.5. The molecule has 1 amide bonds. The third-order valence-corrected chi connectivity index (χ3v) is 3.09. The molecule has 0 spiro atoms. The first-order chi connectivity index (χ1) is 10.0. The van der Waals surface area contributed by atoms with Crippen LogP contribution >= 0.6 is 12.2 Å². The predicted octanol–water partition coefficient (Wildman–Crippen LogP) is 3.72. The number of anilines is 1. The van der Waals surface area contributed by atoms with E-state index < -0.39 is 0 Å². The van der Waals surface area contributed by atoms with Gasteiger partial charge in [-0.3, -0.25) is 4.79 Å². The molecule has 0 aliphatic rings. The summed E-state index contributed by atoms with van der Waals surface area (Å²) in [6.45, 7) is 6.55. The fourth-order valence-corrected chi connectivity index (χ4v) is 1.81. The summed E-state index contributed by atoms with van der Waals surface area (Å²) in [4.78, 5) is 11.5. The highest BCUT2D eigenvalue weighted by atomic mass is 32.1. The summed E-state index contributed by atoms with van der Waals surface area (Å²) >= 11 is 5.09. The van der Waals surface area contributed by atoms with Crippen LogP contribution < -0.4 is 15.4 Å². The smallest absolute Gasteiger partial charge is 0.228 e. The molecule has 1 aromatic rings. The molecule has 116 valence electrons. The predicted molar refractivity (Wildman–Crippen MR) is 90.7 cm³/mol. The molecule has 0 saturated carbocycles. The molecular weight excluding hydrogens is 284 g/mol. The van der Waals surface area contributed by atoms with E-state index in [0.29, 0.717) is 5.11 Å². The Bertz CT molecular complexity index is 458. The normalized spacial score (nSPS) is 10.3. The van der Waals surface area contributed by atoms with Crippen LogP contribution in [0.15, 0.2) is 24.3 Å². The van der Waals surface area contributed by atoms with E-state index >= 15 is 0 Å². The lowest BCUT2D eigenvalue weighted by atomic mass is 10.2. The SMILES string of the molecule is CCCCCOc1ccc(NC(=S)NC(=O)C(C)C)cc1. The molecule has 0 fully saturated rings. The monoisotopic (exact) mass is 308 g/mol. The van der Waals surface area contributed by atoms with Gasteiger partial charge >= 0.3 is 0 Å². The lowest BCUT2D eigenvalue weighted by molar-refractivity contribution is -0.122. The first-order valence-corrected chi connectivity index (χ1v) is 7.78. The zero-order chi connectivity index (χ0) is 15.7. The Morgan fingerprint density at radius 1 is 1.24 bits per heavy atom. The highest BCUT2D eigenvalue weighted by Crippen LogP contribution is 2.16. The van der Waals surface area contributed by atoms with Crippen LogP contribution in [0.3, 0.4) is 0 Å². The maximum atomic E-state index is 11.5.